The lowest BCUT2D eigenvalue weighted by Crippen LogP contribution is -2.80. The van der Waals surface area contributed by atoms with E-state index in [0.29, 0.717) is 5.57 Å². The second-order valence-electron chi connectivity index (χ2n) is 8.80. The fourth-order valence-corrected chi connectivity index (χ4v) is 6.75. The first kappa shape index (κ1) is 26.2. The van der Waals surface area contributed by atoms with Crippen molar-refractivity contribution in [2.75, 3.05) is 19.5 Å². The number of methoxy groups -OCH3 is 1. The van der Waals surface area contributed by atoms with Crippen LogP contribution in [0.15, 0.2) is 89.4 Å². The first-order valence-corrected chi connectivity index (χ1v) is 13.9. The molecule has 8 nitrogen and oxygen atoms in total. The van der Waals surface area contributed by atoms with E-state index in [4.69, 9.17) is 9.47 Å². The van der Waals surface area contributed by atoms with E-state index in [2.05, 4.69) is 5.32 Å². The second-order valence-corrected chi connectivity index (χ2v) is 10.9. The van der Waals surface area contributed by atoms with E-state index < -0.39 is 35.7 Å². The number of carbonyl (C=O) groups excluding carboxylic acids is 3. The molecule has 2 aliphatic heterocycles. The molecule has 0 aliphatic carbocycles. The van der Waals surface area contributed by atoms with Crippen molar-refractivity contribution in [1.29, 1.82) is 0 Å². The Morgan fingerprint density at radius 3 is 2.29 bits per heavy atom. The van der Waals surface area contributed by atoms with Crippen LogP contribution in [0.25, 0.3) is 0 Å². The molecule has 2 atom stereocenters. The van der Waals surface area contributed by atoms with Crippen LogP contribution in [0.5, 0.6) is 0 Å². The highest BCUT2D eigenvalue weighted by Gasteiger charge is 2.66. The fraction of sp³-hybridized carbons (Fsp3) is 0.250. The maximum absolute atomic E-state index is 13.7. The molecule has 1 fully saturated rings. The van der Waals surface area contributed by atoms with Gasteiger partial charge in [0.1, 0.15) is 11.1 Å². The van der Waals surface area contributed by atoms with Crippen molar-refractivity contribution in [1.82, 2.24) is 10.2 Å². The SMILES string of the molecule is CO[C@@]1(NC(=O)Cc2cccs2)C(=O)N2C(C(=O)OC(c3ccccc3)c3ccccc3)=C(CO)CS[C@@H]21. The number of fused-ring (bicyclic) bond motifs is 1. The highest BCUT2D eigenvalue weighted by molar-refractivity contribution is 8.00. The van der Waals surface area contributed by atoms with Crippen molar-refractivity contribution >= 4 is 40.9 Å². The molecule has 2 amide bonds. The van der Waals surface area contributed by atoms with Gasteiger partial charge in [-0.25, -0.2) is 4.79 Å². The smallest absolute Gasteiger partial charge is 0.356 e. The number of aliphatic hydroxyl groups is 1. The minimum absolute atomic E-state index is 0.0155. The fourth-order valence-electron chi connectivity index (χ4n) is 4.62. The summed E-state index contributed by atoms with van der Waals surface area (Å²) in [5.41, 5.74) is 0.269. The Bertz CT molecular complexity index is 1310. The minimum atomic E-state index is -1.62. The first-order chi connectivity index (χ1) is 18.5. The van der Waals surface area contributed by atoms with Gasteiger partial charge in [-0.1, -0.05) is 66.7 Å². The molecule has 3 heterocycles. The Balaban J connectivity index is 1.41. The number of ether oxygens (including phenoxy) is 2. The summed E-state index contributed by atoms with van der Waals surface area (Å²) in [6.07, 6.45) is -0.616. The molecule has 196 valence electrons. The maximum atomic E-state index is 13.7. The quantitative estimate of drug-likeness (QED) is 0.239. The van der Waals surface area contributed by atoms with Gasteiger partial charge < -0.3 is 19.9 Å². The van der Waals surface area contributed by atoms with E-state index in [0.717, 1.165) is 16.0 Å². The van der Waals surface area contributed by atoms with Crippen LogP contribution in [-0.4, -0.2) is 58.4 Å². The lowest BCUT2D eigenvalue weighted by atomic mass is 9.97. The third kappa shape index (κ3) is 4.76. The molecule has 0 radical (unpaired) electrons. The van der Waals surface area contributed by atoms with Gasteiger partial charge in [0.2, 0.25) is 5.91 Å². The number of nitrogens with zero attached hydrogens (tertiary/aromatic N) is 1. The summed E-state index contributed by atoms with van der Waals surface area (Å²) < 4.78 is 11.6. The lowest BCUT2D eigenvalue weighted by Gasteiger charge is -2.56. The molecular formula is C28H26N2O6S2. The second kappa shape index (κ2) is 11.1. The standard InChI is InChI=1S/C28H26N2O6S2/c1-35-28(29-22(32)15-21-13-8-14-37-21)26(34)30-23(20(16-31)17-38-27(28)30)25(33)36-24(18-9-4-2-5-10-18)19-11-6-3-7-12-19/h2-14,24,27,31H,15-17H2,1H3,(H,29,32)/t27-,28+/m1/s1. The number of esters is 1. The molecule has 1 saturated heterocycles. The number of benzene rings is 2. The number of thiophene rings is 1. The Morgan fingerprint density at radius 1 is 1.08 bits per heavy atom. The normalized spacial score (nSPS) is 20.7. The number of aliphatic hydroxyl groups excluding tert-OH is 1. The molecule has 0 bridgehead atoms. The molecule has 0 saturated carbocycles. The van der Waals surface area contributed by atoms with Crippen molar-refractivity contribution in [2.24, 2.45) is 0 Å². The van der Waals surface area contributed by atoms with Crippen molar-refractivity contribution in [2.45, 2.75) is 23.6 Å². The third-order valence-electron chi connectivity index (χ3n) is 6.49. The molecule has 0 spiro atoms. The summed E-state index contributed by atoms with van der Waals surface area (Å²) >= 11 is 2.75. The van der Waals surface area contributed by atoms with Gasteiger partial charge in [0.05, 0.1) is 13.0 Å². The van der Waals surface area contributed by atoms with Gasteiger partial charge in [0.25, 0.3) is 11.6 Å². The van der Waals surface area contributed by atoms with E-state index in [9.17, 15) is 19.5 Å². The molecule has 2 N–H and O–H groups in total. The van der Waals surface area contributed by atoms with Gasteiger partial charge in [-0.05, 0) is 28.1 Å². The maximum Gasteiger partial charge on any atom is 0.356 e. The molecule has 0 unspecified atom stereocenters. The zero-order valence-corrected chi connectivity index (χ0v) is 22.2. The number of amides is 2. The molecule has 10 heteroatoms. The summed E-state index contributed by atoms with van der Waals surface area (Å²) in [7, 11) is 1.35. The molecule has 1 aromatic heterocycles. The van der Waals surface area contributed by atoms with E-state index in [1.165, 1.54) is 35.1 Å². The zero-order chi connectivity index (χ0) is 26.7. The third-order valence-corrected chi connectivity index (χ3v) is 8.74. The summed E-state index contributed by atoms with van der Waals surface area (Å²) in [5.74, 6) is -1.43. The Kier molecular flexibility index (Phi) is 7.66. The zero-order valence-electron chi connectivity index (χ0n) is 20.5. The van der Waals surface area contributed by atoms with Crippen molar-refractivity contribution in [3.63, 3.8) is 0 Å². The highest BCUT2D eigenvalue weighted by atomic mass is 32.2. The monoisotopic (exact) mass is 550 g/mol. The highest BCUT2D eigenvalue weighted by Crippen LogP contribution is 2.47. The first-order valence-electron chi connectivity index (χ1n) is 12.0. The number of thioether (sulfide) groups is 1. The molecule has 2 aromatic carbocycles. The van der Waals surface area contributed by atoms with Crippen molar-refractivity contribution < 1.29 is 29.0 Å². The van der Waals surface area contributed by atoms with Crippen molar-refractivity contribution in [3.05, 3.63) is 105 Å². The van der Waals surface area contributed by atoms with Crippen LogP contribution in [0.4, 0.5) is 0 Å². The predicted molar refractivity (Wildman–Crippen MR) is 144 cm³/mol. The van der Waals surface area contributed by atoms with Gasteiger partial charge >= 0.3 is 5.97 Å². The van der Waals surface area contributed by atoms with E-state index in [1.807, 2.05) is 78.2 Å². The average Bonchev–Trinajstić information content (AvgIpc) is 3.47. The van der Waals surface area contributed by atoms with E-state index in [-0.39, 0.29) is 23.8 Å². The molecule has 2 aliphatic rings. The molecule has 38 heavy (non-hydrogen) atoms. The Hall–Kier alpha value is -3.44. The number of β-lactam (4-membered cyclic amide) rings is 1. The minimum Gasteiger partial charge on any atom is -0.448 e. The summed E-state index contributed by atoms with van der Waals surface area (Å²) in [6, 6.07) is 22.3. The molecule has 5 rings (SSSR count). The summed E-state index contributed by atoms with van der Waals surface area (Å²) in [5, 5.41) is 14.0. The van der Waals surface area contributed by atoms with Gasteiger partial charge in [-0.2, -0.15) is 0 Å². The number of nitrogens with one attached hydrogen (secondary N) is 1. The van der Waals surface area contributed by atoms with Crippen LogP contribution >= 0.6 is 23.1 Å². The van der Waals surface area contributed by atoms with Gasteiger partial charge in [-0.15, -0.1) is 23.1 Å². The van der Waals surface area contributed by atoms with Gasteiger partial charge in [0.15, 0.2) is 6.10 Å². The average molecular weight is 551 g/mol. The summed E-state index contributed by atoms with van der Waals surface area (Å²) in [6.45, 7) is -0.417. The van der Waals surface area contributed by atoms with Gasteiger partial charge in [0, 0.05) is 17.7 Å². The van der Waals surface area contributed by atoms with Crippen LogP contribution < -0.4 is 5.32 Å². The van der Waals surface area contributed by atoms with Crippen LogP contribution in [0.3, 0.4) is 0 Å². The number of rotatable bonds is 9. The molecular weight excluding hydrogens is 524 g/mol. The van der Waals surface area contributed by atoms with Gasteiger partial charge in [-0.3, -0.25) is 14.5 Å². The number of hydrogen-bond donors (Lipinski definition) is 2. The topological polar surface area (TPSA) is 105 Å². The Morgan fingerprint density at radius 2 is 1.74 bits per heavy atom. The summed E-state index contributed by atoms with van der Waals surface area (Å²) in [4.78, 5) is 42.1. The Labute approximate surface area is 228 Å². The van der Waals surface area contributed by atoms with E-state index in [1.54, 1.807) is 0 Å². The predicted octanol–water partition coefficient (Wildman–Crippen LogP) is 3.24. The lowest BCUT2D eigenvalue weighted by molar-refractivity contribution is -0.193. The number of hydrogen-bond acceptors (Lipinski definition) is 8. The van der Waals surface area contributed by atoms with Crippen LogP contribution in [0.2, 0.25) is 0 Å². The molecule has 3 aromatic rings. The van der Waals surface area contributed by atoms with Crippen LogP contribution in [0.1, 0.15) is 22.1 Å². The van der Waals surface area contributed by atoms with Crippen LogP contribution in [0, 0.1) is 0 Å². The number of carbonyl (C=O) groups is 3. The van der Waals surface area contributed by atoms with Crippen LogP contribution in [-0.2, 0) is 30.3 Å². The largest absolute Gasteiger partial charge is 0.448 e. The van der Waals surface area contributed by atoms with E-state index >= 15 is 0 Å². The van der Waals surface area contributed by atoms with Crippen molar-refractivity contribution in [3.8, 4) is 0 Å².